The molecule has 2 atom stereocenters. The minimum atomic E-state index is 0.547. The van der Waals surface area contributed by atoms with Gasteiger partial charge in [-0.2, -0.15) is 0 Å². The summed E-state index contributed by atoms with van der Waals surface area (Å²) in [4.78, 5) is 0. The zero-order valence-corrected chi connectivity index (χ0v) is 11.2. The van der Waals surface area contributed by atoms with Crippen LogP contribution >= 0.6 is 0 Å². The van der Waals surface area contributed by atoms with E-state index >= 15 is 0 Å². The molecular formula is C15H27N. The lowest BCUT2D eigenvalue weighted by Gasteiger charge is -2.41. The number of hydrogen-bond donors (Lipinski definition) is 1. The van der Waals surface area contributed by atoms with E-state index in [1.54, 1.807) is 0 Å². The Morgan fingerprint density at radius 2 is 2.12 bits per heavy atom. The molecule has 92 valence electrons. The molecule has 1 nitrogen and oxygen atoms in total. The van der Waals surface area contributed by atoms with E-state index in [0.29, 0.717) is 5.41 Å². The molecule has 1 fully saturated rings. The molecule has 0 aliphatic heterocycles. The fourth-order valence-electron chi connectivity index (χ4n) is 3.13. The second-order valence-electron chi connectivity index (χ2n) is 6.08. The van der Waals surface area contributed by atoms with Gasteiger partial charge < -0.3 is 5.32 Å². The van der Waals surface area contributed by atoms with Crippen LogP contribution in [0.1, 0.15) is 52.4 Å². The predicted molar refractivity (Wildman–Crippen MR) is 71.2 cm³/mol. The molecule has 0 spiro atoms. The molecule has 1 saturated carbocycles. The molecule has 1 aliphatic carbocycles. The summed E-state index contributed by atoms with van der Waals surface area (Å²) in [6.45, 7) is 6.00. The van der Waals surface area contributed by atoms with Crippen molar-refractivity contribution in [2.24, 2.45) is 17.3 Å². The summed E-state index contributed by atoms with van der Waals surface area (Å²) in [5.74, 6) is 4.51. The lowest BCUT2D eigenvalue weighted by molar-refractivity contribution is 0.110. The second kappa shape index (κ2) is 6.30. The summed E-state index contributed by atoms with van der Waals surface area (Å²) >= 11 is 0. The van der Waals surface area contributed by atoms with Crippen LogP contribution in [0.3, 0.4) is 0 Å². The zero-order valence-electron chi connectivity index (χ0n) is 11.2. The Kier molecular flexibility index (Phi) is 5.35. The average molecular weight is 221 g/mol. The highest BCUT2D eigenvalue weighted by Crippen LogP contribution is 2.43. The van der Waals surface area contributed by atoms with E-state index in [0.717, 1.165) is 18.3 Å². The smallest absolute Gasteiger partial charge is 0.00861 e. The van der Waals surface area contributed by atoms with Gasteiger partial charge in [-0.15, -0.1) is 12.3 Å². The Bertz CT molecular complexity index is 236. The van der Waals surface area contributed by atoms with E-state index in [4.69, 9.17) is 6.42 Å². The largest absolute Gasteiger partial charge is 0.319 e. The maximum absolute atomic E-state index is 5.33. The topological polar surface area (TPSA) is 12.0 Å². The Morgan fingerprint density at radius 3 is 2.75 bits per heavy atom. The average Bonchev–Trinajstić information content (AvgIpc) is 2.22. The summed E-state index contributed by atoms with van der Waals surface area (Å²) in [7, 11) is 2.07. The molecule has 1 aliphatic rings. The molecule has 16 heavy (non-hydrogen) atoms. The van der Waals surface area contributed by atoms with Crippen molar-refractivity contribution >= 4 is 0 Å². The third-order valence-electron chi connectivity index (χ3n) is 4.04. The first-order valence-electron chi connectivity index (χ1n) is 6.67. The van der Waals surface area contributed by atoms with Crippen molar-refractivity contribution in [1.29, 1.82) is 0 Å². The van der Waals surface area contributed by atoms with Crippen LogP contribution < -0.4 is 5.32 Å². The molecule has 1 heteroatoms. The number of nitrogens with one attached hydrogen (secondary N) is 1. The number of terminal acetylenes is 1. The van der Waals surface area contributed by atoms with E-state index in [9.17, 15) is 0 Å². The van der Waals surface area contributed by atoms with Gasteiger partial charge in [0.2, 0.25) is 0 Å². The van der Waals surface area contributed by atoms with Gasteiger partial charge in [-0.3, -0.25) is 0 Å². The van der Waals surface area contributed by atoms with E-state index in [1.165, 1.54) is 38.6 Å². The van der Waals surface area contributed by atoms with Gasteiger partial charge in [0, 0.05) is 6.42 Å². The molecule has 0 saturated heterocycles. The number of hydrogen-bond acceptors (Lipinski definition) is 1. The quantitative estimate of drug-likeness (QED) is 0.554. The van der Waals surface area contributed by atoms with E-state index in [-0.39, 0.29) is 0 Å². The maximum Gasteiger partial charge on any atom is 0.00861 e. The van der Waals surface area contributed by atoms with Crippen LogP contribution in [0.2, 0.25) is 0 Å². The standard InChI is InChI=1S/C15H27N/c1-5-6-7-8-13-11-15(2,3)10-9-14(13)12-16-4/h1,13-14,16H,6-12H2,2-4H3. The summed E-state index contributed by atoms with van der Waals surface area (Å²) in [5, 5.41) is 3.34. The molecule has 2 unspecified atom stereocenters. The van der Waals surface area contributed by atoms with E-state index in [1.807, 2.05) is 0 Å². The van der Waals surface area contributed by atoms with Crippen molar-refractivity contribution in [2.75, 3.05) is 13.6 Å². The van der Waals surface area contributed by atoms with Gasteiger partial charge in [-0.1, -0.05) is 13.8 Å². The summed E-state index contributed by atoms with van der Waals surface area (Å²) < 4.78 is 0. The molecule has 1 N–H and O–H groups in total. The van der Waals surface area contributed by atoms with Crippen LogP contribution in [0.25, 0.3) is 0 Å². The fraction of sp³-hybridized carbons (Fsp3) is 0.867. The molecule has 0 amide bonds. The van der Waals surface area contributed by atoms with Crippen LogP contribution in [0.5, 0.6) is 0 Å². The monoisotopic (exact) mass is 221 g/mol. The van der Waals surface area contributed by atoms with Crippen LogP contribution in [0.4, 0.5) is 0 Å². The van der Waals surface area contributed by atoms with Gasteiger partial charge in [0.25, 0.3) is 0 Å². The number of rotatable bonds is 5. The molecule has 0 radical (unpaired) electrons. The molecule has 1 rings (SSSR count). The van der Waals surface area contributed by atoms with Crippen LogP contribution in [-0.2, 0) is 0 Å². The van der Waals surface area contributed by atoms with Crippen LogP contribution in [0, 0.1) is 29.6 Å². The van der Waals surface area contributed by atoms with Gasteiger partial charge in [-0.05, 0) is 62.9 Å². The molecule has 0 aromatic heterocycles. The van der Waals surface area contributed by atoms with Crippen molar-refractivity contribution in [1.82, 2.24) is 5.32 Å². The van der Waals surface area contributed by atoms with Gasteiger partial charge in [0.15, 0.2) is 0 Å². The first-order valence-corrected chi connectivity index (χ1v) is 6.67. The first kappa shape index (κ1) is 13.6. The van der Waals surface area contributed by atoms with E-state index in [2.05, 4.69) is 32.1 Å². The Hall–Kier alpha value is -0.480. The molecule has 0 aromatic rings. The predicted octanol–water partition coefficient (Wildman–Crippen LogP) is 3.45. The summed E-state index contributed by atoms with van der Waals surface area (Å²) in [6.07, 6.45) is 12.9. The van der Waals surface area contributed by atoms with Crippen LogP contribution in [0.15, 0.2) is 0 Å². The molecule has 0 aromatic carbocycles. The summed E-state index contributed by atoms with van der Waals surface area (Å²) in [5.41, 5.74) is 0.547. The Balaban J connectivity index is 2.47. The molecular weight excluding hydrogens is 194 g/mol. The minimum absolute atomic E-state index is 0.547. The lowest BCUT2D eigenvalue weighted by Crippen LogP contribution is -2.35. The first-order chi connectivity index (χ1) is 7.59. The second-order valence-corrected chi connectivity index (χ2v) is 6.08. The molecule has 0 heterocycles. The van der Waals surface area contributed by atoms with E-state index < -0.39 is 0 Å². The van der Waals surface area contributed by atoms with Gasteiger partial charge in [0.1, 0.15) is 0 Å². The highest BCUT2D eigenvalue weighted by atomic mass is 14.8. The Morgan fingerprint density at radius 1 is 1.38 bits per heavy atom. The van der Waals surface area contributed by atoms with Gasteiger partial charge in [-0.25, -0.2) is 0 Å². The third-order valence-corrected chi connectivity index (χ3v) is 4.04. The van der Waals surface area contributed by atoms with Crippen molar-refractivity contribution < 1.29 is 0 Å². The number of unbranched alkanes of at least 4 members (excludes halogenated alkanes) is 1. The van der Waals surface area contributed by atoms with Crippen molar-refractivity contribution in [2.45, 2.75) is 52.4 Å². The normalized spacial score (nSPS) is 28.6. The highest BCUT2D eigenvalue weighted by molar-refractivity contribution is 4.88. The lowest BCUT2D eigenvalue weighted by atomic mass is 9.66. The van der Waals surface area contributed by atoms with Crippen molar-refractivity contribution in [3.63, 3.8) is 0 Å². The minimum Gasteiger partial charge on any atom is -0.319 e. The SMILES string of the molecule is C#CCCCC1CC(C)(C)CCC1CNC. The van der Waals surface area contributed by atoms with Gasteiger partial charge >= 0.3 is 0 Å². The van der Waals surface area contributed by atoms with Crippen molar-refractivity contribution in [3.05, 3.63) is 0 Å². The van der Waals surface area contributed by atoms with Crippen molar-refractivity contribution in [3.8, 4) is 12.3 Å². The fourth-order valence-corrected chi connectivity index (χ4v) is 3.13. The van der Waals surface area contributed by atoms with Gasteiger partial charge in [0.05, 0.1) is 0 Å². The Labute approximate surface area is 101 Å². The zero-order chi connectivity index (χ0) is 12.0. The maximum atomic E-state index is 5.33. The molecule has 0 bridgehead atoms. The third kappa shape index (κ3) is 4.18. The summed E-state index contributed by atoms with van der Waals surface area (Å²) in [6, 6.07) is 0. The van der Waals surface area contributed by atoms with Crippen LogP contribution in [-0.4, -0.2) is 13.6 Å². The highest BCUT2D eigenvalue weighted by Gasteiger charge is 2.33.